The lowest BCUT2D eigenvalue weighted by atomic mass is 9.84. The Kier molecular flexibility index (Phi) is 6.72. The molecule has 2 heterocycles. The molecule has 0 atom stereocenters. The van der Waals surface area contributed by atoms with E-state index in [0.717, 1.165) is 31.5 Å². The summed E-state index contributed by atoms with van der Waals surface area (Å²) >= 11 is 0. The number of rotatable bonds is 5. The fraction of sp³-hybridized carbons (Fsp3) is 0.500. The lowest BCUT2D eigenvalue weighted by Gasteiger charge is -2.25. The molecule has 142 valence electrons. The number of hydrogen-bond donors (Lipinski definition) is 2. The van der Waals surface area contributed by atoms with Gasteiger partial charge in [-0.2, -0.15) is 0 Å². The van der Waals surface area contributed by atoms with Gasteiger partial charge in [-0.25, -0.2) is 9.07 Å². The number of carbonyl (C=O) groups excluding carboxylic acids is 1. The van der Waals surface area contributed by atoms with Crippen molar-refractivity contribution < 1.29 is 9.18 Å². The Labute approximate surface area is 159 Å². The van der Waals surface area contributed by atoms with Crippen LogP contribution in [0.1, 0.15) is 48.8 Å². The molecule has 1 aliphatic rings. The van der Waals surface area contributed by atoms with Crippen LogP contribution in [0.3, 0.4) is 0 Å². The summed E-state index contributed by atoms with van der Waals surface area (Å²) in [5.74, 6) is -0.506. The summed E-state index contributed by atoms with van der Waals surface area (Å²) in [7, 11) is 0. The molecule has 26 heavy (non-hydrogen) atoms. The van der Waals surface area contributed by atoms with Gasteiger partial charge in [-0.05, 0) is 43.6 Å². The number of nitrogens with zero attached hydrogens (tertiary/aromatic N) is 3. The van der Waals surface area contributed by atoms with Crippen LogP contribution in [0.2, 0.25) is 0 Å². The second kappa shape index (κ2) is 8.60. The monoisotopic (exact) mass is 381 g/mol. The van der Waals surface area contributed by atoms with Gasteiger partial charge in [-0.3, -0.25) is 4.79 Å². The van der Waals surface area contributed by atoms with Crippen molar-refractivity contribution in [3.8, 4) is 0 Å². The number of piperidine rings is 1. The molecule has 1 fully saturated rings. The van der Waals surface area contributed by atoms with Crippen LogP contribution in [0.25, 0.3) is 0 Å². The Morgan fingerprint density at radius 1 is 1.31 bits per heavy atom. The number of halogens is 2. The van der Waals surface area contributed by atoms with Crippen molar-refractivity contribution in [3.63, 3.8) is 0 Å². The molecule has 2 aromatic rings. The predicted octanol–water partition coefficient (Wildman–Crippen LogP) is 2.47. The highest BCUT2D eigenvalue weighted by atomic mass is 35.5. The highest BCUT2D eigenvalue weighted by Gasteiger charge is 2.23. The van der Waals surface area contributed by atoms with Gasteiger partial charge in [0.25, 0.3) is 5.91 Å². The van der Waals surface area contributed by atoms with E-state index in [1.807, 2.05) is 13.8 Å². The topological polar surface area (TPSA) is 71.8 Å². The average Bonchev–Trinajstić information content (AvgIpc) is 3.11. The molecule has 1 amide bonds. The first kappa shape index (κ1) is 20.3. The van der Waals surface area contributed by atoms with Crippen LogP contribution < -0.4 is 10.6 Å². The van der Waals surface area contributed by atoms with Crippen LogP contribution in [0.4, 0.5) is 4.39 Å². The molecular weight excluding hydrogens is 357 g/mol. The number of amides is 1. The van der Waals surface area contributed by atoms with E-state index in [1.165, 1.54) is 12.1 Å². The van der Waals surface area contributed by atoms with E-state index >= 15 is 0 Å². The SMILES string of the molecule is CC(C)(CNC(=O)c1cn(C2CCNCC2)nn1)c1ccc(F)cc1.Cl. The van der Waals surface area contributed by atoms with Crippen molar-refractivity contribution in [1.29, 1.82) is 0 Å². The minimum Gasteiger partial charge on any atom is -0.350 e. The Hall–Kier alpha value is -1.99. The fourth-order valence-corrected chi connectivity index (χ4v) is 3.03. The molecule has 6 nitrogen and oxygen atoms in total. The fourth-order valence-electron chi connectivity index (χ4n) is 3.03. The van der Waals surface area contributed by atoms with Crippen molar-refractivity contribution in [3.05, 3.63) is 47.5 Å². The molecule has 1 aromatic carbocycles. The van der Waals surface area contributed by atoms with Crippen LogP contribution in [-0.2, 0) is 5.41 Å². The number of aromatic nitrogens is 3. The molecule has 0 bridgehead atoms. The minimum absolute atomic E-state index is 0. The standard InChI is InChI=1S/C18H24FN5O.ClH/c1-18(2,13-3-5-14(19)6-4-13)12-21-17(25)16-11-24(23-22-16)15-7-9-20-10-8-15;/h3-6,11,15,20H,7-10,12H2,1-2H3,(H,21,25);1H. The summed E-state index contributed by atoms with van der Waals surface area (Å²) in [6.45, 7) is 6.35. The maximum Gasteiger partial charge on any atom is 0.273 e. The van der Waals surface area contributed by atoms with E-state index in [1.54, 1.807) is 23.0 Å². The average molecular weight is 382 g/mol. The zero-order valence-electron chi connectivity index (χ0n) is 15.0. The highest BCUT2D eigenvalue weighted by molar-refractivity contribution is 5.91. The van der Waals surface area contributed by atoms with Gasteiger partial charge < -0.3 is 10.6 Å². The van der Waals surface area contributed by atoms with Crippen LogP contribution in [0.5, 0.6) is 0 Å². The number of benzene rings is 1. The zero-order valence-corrected chi connectivity index (χ0v) is 15.9. The maximum absolute atomic E-state index is 13.1. The Bertz CT molecular complexity index is 725. The van der Waals surface area contributed by atoms with Crippen LogP contribution in [0.15, 0.2) is 30.5 Å². The van der Waals surface area contributed by atoms with E-state index in [0.29, 0.717) is 18.3 Å². The Morgan fingerprint density at radius 3 is 2.62 bits per heavy atom. The molecule has 8 heteroatoms. The smallest absolute Gasteiger partial charge is 0.273 e. The zero-order chi connectivity index (χ0) is 17.9. The molecule has 2 N–H and O–H groups in total. The van der Waals surface area contributed by atoms with Gasteiger partial charge in [0, 0.05) is 12.0 Å². The third-order valence-corrected chi connectivity index (χ3v) is 4.74. The number of hydrogen-bond acceptors (Lipinski definition) is 4. The maximum atomic E-state index is 13.1. The first-order valence-electron chi connectivity index (χ1n) is 8.62. The molecule has 1 aromatic heterocycles. The third kappa shape index (κ3) is 4.80. The summed E-state index contributed by atoms with van der Waals surface area (Å²) in [4.78, 5) is 12.4. The van der Waals surface area contributed by atoms with Gasteiger partial charge in [0.05, 0.1) is 12.2 Å². The van der Waals surface area contributed by atoms with E-state index in [4.69, 9.17) is 0 Å². The molecule has 0 spiro atoms. The molecule has 1 aliphatic heterocycles. The minimum atomic E-state index is -0.311. The molecule has 1 saturated heterocycles. The molecule has 0 saturated carbocycles. The number of nitrogens with one attached hydrogen (secondary N) is 2. The summed E-state index contributed by atoms with van der Waals surface area (Å²) in [6, 6.07) is 6.66. The summed E-state index contributed by atoms with van der Waals surface area (Å²) < 4.78 is 14.9. The lowest BCUT2D eigenvalue weighted by molar-refractivity contribution is 0.0940. The Morgan fingerprint density at radius 2 is 1.96 bits per heavy atom. The third-order valence-electron chi connectivity index (χ3n) is 4.74. The largest absolute Gasteiger partial charge is 0.350 e. The predicted molar refractivity (Wildman–Crippen MR) is 100 cm³/mol. The van der Waals surface area contributed by atoms with Crippen molar-refractivity contribution in [2.24, 2.45) is 0 Å². The summed E-state index contributed by atoms with van der Waals surface area (Å²) in [6.07, 6.45) is 3.69. The van der Waals surface area contributed by atoms with Gasteiger partial charge >= 0.3 is 0 Å². The van der Waals surface area contributed by atoms with E-state index in [-0.39, 0.29) is 29.5 Å². The van der Waals surface area contributed by atoms with Crippen molar-refractivity contribution in [2.75, 3.05) is 19.6 Å². The van der Waals surface area contributed by atoms with E-state index in [9.17, 15) is 9.18 Å². The van der Waals surface area contributed by atoms with Gasteiger partial charge in [0.15, 0.2) is 5.69 Å². The molecule has 0 unspecified atom stereocenters. The highest BCUT2D eigenvalue weighted by Crippen LogP contribution is 2.22. The summed E-state index contributed by atoms with van der Waals surface area (Å²) in [5, 5.41) is 14.3. The second-order valence-corrected chi connectivity index (χ2v) is 7.14. The molecular formula is C18H25ClFN5O. The molecule has 0 radical (unpaired) electrons. The van der Waals surface area contributed by atoms with Crippen molar-refractivity contribution >= 4 is 18.3 Å². The van der Waals surface area contributed by atoms with Crippen molar-refractivity contribution in [2.45, 2.75) is 38.1 Å². The quantitative estimate of drug-likeness (QED) is 0.834. The first-order valence-corrected chi connectivity index (χ1v) is 8.62. The van der Waals surface area contributed by atoms with Crippen molar-refractivity contribution in [1.82, 2.24) is 25.6 Å². The normalized spacial score (nSPS) is 15.3. The van der Waals surface area contributed by atoms with E-state index in [2.05, 4.69) is 20.9 Å². The molecule has 3 rings (SSSR count). The van der Waals surface area contributed by atoms with E-state index < -0.39 is 0 Å². The van der Waals surface area contributed by atoms with Gasteiger partial charge in [0.1, 0.15) is 5.82 Å². The lowest BCUT2D eigenvalue weighted by Crippen LogP contribution is -2.36. The van der Waals surface area contributed by atoms with Gasteiger partial charge in [-0.15, -0.1) is 17.5 Å². The van der Waals surface area contributed by atoms with Crippen LogP contribution >= 0.6 is 12.4 Å². The second-order valence-electron chi connectivity index (χ2n) is 7.14. The Balaban J connectivity index is 0.00000243. The van der Waals surface area contributed by atoms with Gasteiger partial charge in [0.2, 0.25) is 0 Å². The first-order chi connectivity index (χ1) is 12.0. The number of carbonyl (C=O) groups is 1. The summed E-state index contributed by atoms with van der Waals surface area (Å²) in [5.41, 5.74) is 0.981. The van der Waals surface area contributed by atoms with Gasteiger partial charge in [-0.1, -0.05) is 31.2 Å². The molecule has 0 aliphatic carbocycles. The van der Waals surface area contributed by atoms with Crippen LogP contribution in [0, 0.1) is 5.82 Å². The van der Waals surface area contributed by atoms with Crippen LogP contribution in [-0.4, -0.2) is 40.5 Å².